The first-order valence-electron chi connectivity index (χ1n) is 6.67. The van der Waals surface area contributed by atoms with Crippen LogP contribution in [0.2, 0.25) is 25.1 Å². The number of rotatable bonds is 3. The summed E-state index contributed by atoms with van der Waals surface area (Å²) in [5, 5.41) is 0.750. The fraction of sp³-hybridized carbons (Fsp3) is 0.0625. The molecule has 2 aromatic carbocycles. The van der Waals surface area contributed by atoms with Crippen LogP contribution in [-0.2, 0) is 11.2 Å². The molecule has 3 rings (SSSR count). The predicted molar refractivity (Wildman–Crippen MR) is 99.1 cm³/mol. The maximum atomic E-state index is 12.3. The molecule has 0 unspecified atom stereocenters. The third-order valence-electron chi connectivity index (χ3n) is 3.40. The summed E-state index contributed by atoms with van der Waals surface area (Å²) in [7, 11) is 0. The van der Waals surface area contributed by atoms with Crippen molar-refractivity contribution in [3.8, 4) is 5.75 Å². The van der Waals surface area contributed by atoms with Gasteiger partial charge in [-0.3, -0.25) is 4.79 Å². The van der Waals surface area contributed by atoms with Gasteiger partial charge in [0.1, 0.15) is 10.0 Å². The highest BCUT2D eigenvalue weighted by atomic mass is 35.5. The smallest absolute Gasteiger partial charge is 0.315 e. The van der Waals surface area contributed by atoms with Gasteiger partial charge in [-0.1, -0.05) is 76.2 Å². The molecule has 0 aliphatic heterocycles. The zero-order valence-electron chi connectivity index (χ0n) is 11.8. The topological polar surface area (TPSA) is 42.1 Å². The van der Waals surface area contributed by atoms with Crippen LogP contribution in [0.15, 0.2) is 30.5 Å². The Morgan fingerprint density at radius 1 is 0.917 bits per heavy atom. The molecule has 0 saturated heterocycles. The molecule has 1 N–H and O–H groups in total. The van der Waals surface area contributed by atoms with E-state index in [2.05, 4.69) is 4.98 Å². The number of fused-ring (bicyclic) bond motifs is 1. The zero-order valence-corrected chi connectivity index (χ0v) is 15.6. The van der Waals surface area contributed by atoms with Gasteiger partial charge in [-0.2, -0.15) is 0 Å². The molecule has 0 bridgehead atoms. The Morgan fingerprint density at radius 3 is 2.17 bits per heavy atom. The van der Waals surface area contributed by atoms with Crippen molar-refractivity contribution in [2.75, 3.05) is 0 Å². The van der Waals surface area contributed by atoms with E-state index in [0.717, 1.165) is 16.5 Å². The van der Waals surface area contributed by atoms with Crippen molar-refractivity contribution in [1.29, 1.82) is 0 Å². The van der Waals surface area contributed by atoms with E-state index >= 15 is 0 Å². The maximum absolute atomic E-state index is 12.3. The fourth-order valence-corrected chi connectivity index (χ4v) is 3.46. The van der Waals surface area contributed by atoms with Crippen molar-refractivity contribution in [3.05, 3.63) is 61.1 Å². The minimum atomic E-state index is -0.557. The lowest BCUT2D eigenvalue weighted by molar-refractivity contribution is -0.133. The van der Waals surface area contributed by atoms with Gasteiger partial charge >= 0.3 is 5.97 Å². The summed E-state index contributed by atoms with van der Waals surface area (Å²) < 4.78 is 5.27. The van der Waals surface area contributed by atoms with Crippen LogP contribution < -0.4 is 4.74 Å². The molecule has 24 heavy (non-hydrogen) atoms. The molecule has 0 fully saturated rings. The van der Waals surface area contributed by atoms with E-state index in [0.29, 0.717) is 0 Å². The van der Waals surface area contributed by atoms with Gasteiger partial charge in [0.05, 0.1) is 21.5 Å². The summed E-state index contributed by atoms with van der Waals surface area (Å²) in [6, 6.07) is 7.61. The summed E-state index contributed by atoms with van der Waals surface area (Å²) >= 11 is 29.9. The Labute approximate surface area is 162 Å². The summed E-state index contributed by atoms with van der Waals surface area (Å²) in [6.07, 6.45) is 1.77. The molecule has 1 heterocycles. The lowest BCUT2D eigenvalue weighted by Gasteiger charge is -2.12. The van der Waals surface area contributed by atoms with Crippen LogP contribution in [0, 0.1) is 0 Å². The molecular weight excluding hydrogens is 415 g/mol. The number of hydrogen-bond donors (Lipinski definition) is 1. The van der Waals surface area contributed by atoms with Gasteiger partial charge in [0.15, 0.2) is 5.75 Å². The normalized spacial score (nSPS) is 11.0. The molecule has 3 nitrogen and oxygen atoms in total. The van der Waals surface area contributed by atoms with E-state index in [1.807, 2.05) is 24.3 Å². The number of benzene rings is 2. The lowest BCUT2D eigenvalue weighted by atomic mass is 10.1. The number of para-hydroxylation sites is 1. The van der Waals surface area contributed by atoms with Crippen molar-refractivity contribution < 1.29 is 9.53 Å². The second kappa shape index (κ2) is 7.03. The van der Waals surface area contributed by atoms with Crippen LogP contribution in [-0.4, -0.2) is 11.0 Å². The van der Waals surface area contributed by atoms with Crippen LogP contribution in [0.25, 0.3) is 10.9 Å². The van der Waals surface area contributed by atoms with Gasteiger partial charge < -0.3 is 9.72 Å². The molecule has 3 aromatic rings. The SMILES string of the molecule is O=C(Cc1c[nH]c2ccccc12)Oc1c(Cl)c(Cl)c(Cl)c(Cl)c1Cl. The number of carbonyl (C=O) groups excluding carboxylic acids is 1. The minimum absolute atomic E-state index is 0.00441. The Morgan fingerprint density at radius 2 is 1.50 bits per heavy atom. The van der Waals surface area contributed by atoms with Crippen molar-refractivity contribution >= 4 is 74.9 Å². The van der Waals surface area contributed by atoms with Crippen LogP contribution in [0.4, 0.5) is 0 Å². The molecule has 0 saturated carbocycles. The van der Waals surface area contributed by atoms with Gasteiger partial charge in [-0.05, 0) is 11.6 Å². The molecule has 0 amide bonds. The van der Waals surface area contributed by atoms with E-state index in [9.17, 15) is 4.79 Å². The standard InChI is InChI=1S/C16H8Cl5NO2/c17-11-12(18)14(20)16(15(21)13(11)19)24-10(23)5-7-6-22-9-4-2-1-3-8(7)9/h1-4,6,22H,5H2. The van der Waals surface area contributed by atoms with Crippen LogP contribution >= 0.6 is 58.0 Å². The molecule has 0 aliphatic rings. The number of carbonyl (C=O) groups is 1. The summed E-state index contributed by atoms with van der Waals surface area (Å²) in [4.78, 5) is 15.3. The van der Waals surface area contributed by atoms with E-state index in [1.165, 1.54) is 0 Å². The second-order valence-corrected chi connectivity index (χ2v) is 6.80. The first-order valence-corrected chi connectivity index (χ1v) is 8.56. The second-order valence-electron chi connectivity index (χ2n) is 4.91. The molecule has 0 aliphatic carbocycles. The minimum Gasteiger partial charge on any atom is -0.423 e. The van der Waals surface area contributed by atoms with Crippen molar-refractivity contribution in [2.24, 2.45) is 0 Å². The molecule has 124 valence electrons. The number of esters is 1. The largest absolute Gasteiger partial charge is 0.423 e. The Hall–Kier alpha value is -1.10. The molecule has 8 heteroatoms. The highest BCUT2D eigenvalue weighted by molar-refractivity contribution is 6.55. The number of halogens is 5. The van der Waals surface area contributed by atoms with Crippen LogP contribution in [0.3, 0.4) is 0 Å². The number of nitrogens with one attached hydrogen (secondary N) is 1. The van der Waals surface area contributed by atoms with Gasteiger partial charge in [0.2, 0.25) is 0 Å². The lowest BCUT2D eigenvalue weighted by Crippen LogP contribution is -2.12. The van der Waals surface area contributed by atoms with Crippen LogP contribution in [0.1, 0.15) is 5.56 Å². The third kappa shape index (κ3) is 3.19. The molecule has 0 atom stereocenters. The quantitative estimate of drug-likeness (QED) is 0.224. The number of H-pyrrole nitrogens is 1. The Bertz CT molecular complexity index is 922. The predicted octanol–water partition coefficient (Wildman–Crippen LogP) is 6.58. The van der Waals surface area contributed by atoms with Crippen molar-refractivity contribution in [2.45, 2.75) is 6.42 Å². The Kier molecular flexibility index (Phi) is 5.19. The number of aromatic amines is 1. The number of aromatic nitrogens is 1. The van der Waals surface area contributed by atoms with Gasteiger partial charge in [-0.15, -0.1) is 0 Å². The average Bonchev–Trinajstić information content (AvgIpc) is 2.98. The monoisotopic (exact) mass is 421 g/mol. The van der Waals surface area contributed by atoms with E-state index in [-0.39, 0.29) is 37.3 Å². The maximum Gasteiger partial charge on any atom is 0.315 e. The summed E-state index contributed by atoms with van der Waals surface area (Å²) in [5.74, 6) is -0.666. The van der Waals surface area contributed by atoms with Crippen molar-refractivity contribution in [1.82, 2.24) is 4.98 Å². The molecule has 0 radical (unpaired) electrons. The average molecular weight is 424 g/mol. The molecule has 0 spiro atoms. The molecule has 1 aromatic heterocycles. The highest BCUT2D eigenvalue weighted by Crippen LogP contribution is 2.48. The first-order chi connectivity index (χ1) is 11.4. The van der Waals surface area contributed by atoms with Crippen LogP contribution in [0.5, 0.6) is 5.75 Å². The number of hydrogen-bond acceptors (Lipinski definition) is 2. The third-order valence-corrected chi connectivity index (χ3v) is 5.64. The first kappa shape index (κ1) is 17.7. The highest BCUT2D eigenvalue weighted by Gasteiger charge is 2.23. The van der Waals surface area contributed by atoms with E-state index in [4.69, 9.17) is 62.7 Å². The van der Waals surface area contributed by atoms with E-state index in [1.54, 1.807) is 6.20 Å². The van der Waals surface area contributed by atoms with Gasteiger partial charge in [0, 0.05) is 17.1 Å². The summed E-state index contributed by atoms with van der Waals surface area (Å²) in [5.41, 5.74) is 1.71. The number of ether oxygens (including phenoxy) is 1. The molecular formula is C16H8Cl5NO2. The van der Waals surface area contributed by atoms with Gasteiger partial charge in [-0.25, -0.2) is 0 Å². The van der Waals surface area contributed by atoms with Gasteiger partial charge in [0.25, 0.3) is 0 Å². The van der Waals surface area contributed by atoms with E-state index < -0.39 is 5.97 Å². The Balaban J connectivity index is 1.88. The van der Waals surface area contributed by atoms with Crippen molar-refractivity contribution in [3.63, 3.8) is 0 Å². The fourth-order valence-electron chi connectivity index (χ4n) is 2.26. The zero-order chi connectivity index (χ0) is 17.4. The summed E-state index contributed by atoms with van der Waals surface area (Å²) in [6.45, 7) is 0.